The van der Waals surface area contributed by atoms with Gasteiger partial charge in [-0.1, -0.05) is 64.5 Å². The van der Waals surface area contributed by atoms with Gasteiger partial charge in [-0.25, -0.2) is 0 Å². The molecule has 1 heterocycles. The van der Waals surface area contributed by atoms with Crippen molar-refractivity contribution >= 4 is 26.7 Å². The second kappa shape index (κ2) is 6.48. The van der Waals surface area contributed by atoms with Crippen molar-refractivity contribution in [2.75, 3.05) is 6.61 Å². The van der Waals surface area contributed by atoms with E-state index < -0.39 is 12.2 Å². The van der Waals surface area contributed by atoms with Gasteiger partial charge >= 0.3 is 5.92 Å². The zero-order chi connectivity index (χ0) is 17.4. The molecule has 0 radical (unpaired) electrons. The fourth-order valence-electron chi connectivity index (χ4n) is 3.13. The summed E-state index contributed by atoms with van der Waals surface area (Å²) >= 11 is 3.39. The summed E-state index contributed by atoms with van der Waals surface area (Å²) in [7, 11) is 0. The van der Waals surface area contributed by atoms with Crippen molar-refractivity contribution in [2.45, 2.75) is 18.2 Å². The minimum atomic E-state index is -3.12. The van der Waals surface area contributed by atoms with Gasteiger partial charge in [0, 0.05) is 10.0 Å². The molecule has 3 aromatic carbocycles. The molecule has 5 heteroatoms. The van der Waals surface area contributed by atoms with E-state index in [4.69, 9.17) is 4.74 Å². The molecule has 1 saturated heterocycles. The molecule has 0 bridgehead atoms. The molecular formula is C20H16BrF2NO. The van der Waals surface area contributed by atoms with Gasteiger partial charge in [0.15, 0.2) is 6.23 Å². The maximum Gasteiger partial charge on any atom is 0.311 e. The van der Waals surface area contributed by atoms with E-state index in [0.29, 0.717) is 0 Å². The summed E-state index contributed by atoms with van der Waals surface area (Å²) < 4.78 is 36.2. The summed E-state index contributed by atoms with van der Waals surface area (Å²) in [5.74, 6) is -3.12. The van der Waals surface area contributed by atoms with Crippen molar-refractivity contribution in [1.82, 2.24) is 5.32 Å². The highest BCUT2D eigenvalue weighted by Gasteiger charge is 2.46. The minimum absolute atomic E-state index is 0.0477. The maximum absolute atomic E-state index is 15.0. The Morgan fingerprint density at radius 3 is 2.48 bits per heavy atom. The summed E-state index contributed by atoms with van der Waals surface area (Å²) in [6.07, 6.45) is -1.34. The highest BCUT2D eigenvalue weighted by molar-refractivity contribution is 9.10. The molecule has 0 aromatic heterocycles. The summed E-state index contributed by atoms with van der Waals surface area (Å²) in [6, 6.07) is 19.6. The lowest BCUT2D eigenvalue weighted by Crippen LogP contribution is -2.40. The Morgan fingerprint density at radius 2 is 1.68 bits per heavy atom. The van der Waals surface area contributed by atoms with Gasteiger partial charge in [-0.05, 0) is 34.5 Å². The van der Waals surface area contributed by atoms with Crippen molar-refractivity contribution in [3.8, 4) is 0 Å². The molecular weight excluding hydrogens is 388 g/mol. The highest BCUT2D eigenvalue weighted by Crippen LogP contribution is 2.38. The lowest BCUT2D eigenvalue weighted by atomic mass is 10.0. The molecule has 3 aromatic rings. The van der Waals surface area contributed by atoms with Gasteiger partial charge in [0.25, 0.3) is 0 Å². The van der Waals surface area contributed by atoms with E-state index in [9.17, 15) is 8.78 Å². The van der Waals surface area contributed by atoms with Gasteiger partial charge in [-0.15, -0.1) is 0 Å². The Hall–Kier alpha value is -1.82. The fraction of sp³-hybridized carbons (Fsp3) is 0.200. The molecule has 1 aliphatic rings. The van der Waals surface area contributed by atoms with Crippen LogP contribution in [0.3, 0.4) is 0 Å². The summed E-state index contributed by atoms with van der Waals surface area (Å²) in [5, 5.41) is 4.61. The van der Waals surface area contributed by atoms with Crippen LogP contribution in [0.5, 0.6) is 0 Å². The van der Waals surface area contributed by atoms with Crippen LogP contribution in [-0.4, -0.2) is 12.8 Å². The van der Waals surface area contributed by atoms with E-state index in [0.717, 1.165) is 20.8 Å². The number of nitrogens with one attached hydrogen (secondary N) is 1. The van der Waals surface area contributed by atoms with E-state index in [1.165, 1.54) is 12.1 Å². The van der Waals surface area contributed by atoms with Gasteiger partial charge < -0.3 is 4.74 Å². The highest BCUT2D eigenvalue weighted by atomic mass is 79.9. The first-order valence-corrected chi connectivity index (χ1v) is 8.83. The average Bonchev–Trinajstić information content (AvgIpc) is 3.13. The Kier molecular flexibility index (Phi) is 4.31. The molecule has 0 amide bonds. The van der Waals surface area contributed by atoms with E-state index in [1.807, 2.05) is 48.5 Å². The van der Waals surface area contributed by atoms with Crippen molar-refractivity contribution in [2.24, 2.45) is 0 Å². The van der Waals surface area contributed by atoms with Crippen LogP contribution in [-0.2, 0) is 10.7 Å². The van der Waals surface area contributed by atoms with Crippen molar-refractivity contribution < 1.29 is 13.5 Å². The fourth-order valence-corrected chi connectivity index (χ4v) is 3.51. The normalized spacial score (nSPS) is 20.9. The number of rotatable bonds is 3. The zero-order valence-electron chi connectivity index (χ0n) is 13.3. The predicted octanol–water partition coefficient (Wildman–Crippen LogP) is 5.38. The minimum Gasteiger partial charge on any atom is -0.355 e. The third-order valence-electron chi connectivity index (χ3n) is 4.50. The van der Waals surface area contributed by atoms with Crippen LogP contribution in [0.2, 0.25) is 0 Å². The molecule has 2 unspecified atom stereocenters. The predicted molar refractivity (Wildman–Crippen MR) is 97.6 cm³/mol. The van der Waals surface area contributed by atoms with Crippen molar-refractivity contribution in [3.63, 3.8) is 0 Å². The van der Waals surface area contributed by atoms with E-state index >= 15 is 0 Å². The number of alkyl halides is 2. The number of benzene rings is 3. The van der Waals surface area contributed by atoms with Gasteiger partial charge in [0.1, 0.15) is 0 Å². The summed E-state index contributed by atoms with van der Waals surface area (Å²) in [4.78, 5) is 0. The lowest BCUT2D eigenvalue weighted by molar-refractivity contribution is -0.130. The first kappa shape index (κ1) is 16.6. The molecule has 1 fully saturated rings. The van der Waals surface area contributed by atoms with Crippen LogP contribution in [0.25, 0.3) is 10.8 Å². The molecule has 0 spiro atoms. The first-order valence-electron chi connectivity index (χ1n) is 8.04. The average molecular weight is 404 g/mol. The molecule has 1 N–H and O–H groups in total. The number of ether oxygens (including phenoxy) is 1. The molecule has 0 saturated carbocycles. The number of hydrogen-bond donors (Lipinski definition) is 1. The number of fused-ring (bicyclic) bond motifs is 1. The third kappa shape index (κ3) is 3.19. The van der Waals surface area contributed by atoms with E-state index in [-0.39, 0.29) is 18.2 Å². The van der Waals surface area contributed by atoms with Crippen LogP contribution in [0.15, 0.2) is 71.2 Å². The van der Waals surface area contributed by atoms with Crippen LogP contribution < -0.4 is 5.32 Å². The van der Waals surface area contributed by atoms with Crippen molar-refractivity contribution in [1.29, 1.82) is 0 Å². The van der Waals surface area contributed by atoms with E-state index in [2.05, 4.69) is 21.2 Å². The van der Waals surface area contributed by atoms with Gasteiger partial charge in [0.2, 0.25) is 0 Å². The SMILES string of the molecule is FC(F)(c1ccc2cc(Br)ccc2c1)C1NC(c2ccccc2)CO1. The second-order valence-electron chi connectivity index (χ2n) is 6.17. The molecule has 25 heavy (non-hydrogen) atoms. The van der Waals surface area contributed by atoms with Crippen LogP contribution in [0, 0.1) is 0 Å². The maximum atomic E-state index is 15.0. The monoisotopic (exact) mass is 403 g/mol. The summed E-state index contributed by atoms with van der Waals surface area (Å²) in [6.45, 7) is 0.227. The zero-order valence-corrected chi connectivity index (χ0v) is 14.8. The molecule has 1 aliphatic heterocycles. The molecule has 0 aliphatic carbocycles. The first-order chi connectivity index (χ1) is 12.0. The smallest absolute Gasteiger partial charge is 0.311 e. The standard InChI is InChI=1S/C20H16BrF2NO/c21-17-9-7-14-10-16(8-6-15(14)11-17)20(22,23)19-24-18(12-25-19)13-4-2-1-3-5-13/h1-11,18-19,24H,12H2. The Labute approximate surface area is 152 Å². The molecule has 128 valence electrons. The molecule has 4 rings (SSSR count). The molecule has 2 atom stereocenters. The Morgan fingerprint density at radius 1 is 0.960 bits per heavy atom. The Balaban J connectivity index is 1.60. The van der Waals surface area contributed by atoms with Gasteiger partial charge in [-0.3, -0.25) is 5.32 Å². The summed E-state index contributed by atoms with van der Waals surface area (Å²) in [5.41, 5.74) is 0.901. The van der Waals surface area contributed by atoms with Crippen LogP contribution >= 0.6 is 15.9 Å². The Bertz CT molecular complexity index is 901. The lowest BCUT2D eigenvalue weighted by Gasteiger charge is -2.24. The third-order valence-corrected chi connectivity index (χ3v) is 4.99. The largest absolute Gasteiger partial charge is 0.355 e. The quantitative estimate of drug-likeness (QED) is 0.633. The number of hydrogen-bond acceptors (Lipinski definition) is 2. The van der Waals surface area contributed by atoms with Crippen LogP contribution in [0.1, 0.15) is 17.2 Å². The number of halogens is 3. The molecule has 2 nitrogen and oxygen atoms in total. The van der Waals surface area contributed by atoms with Crippen LogP contribution in [0.4, 0.5) is 8.78 Å². The van der Waals surface area contributed by atoms with Gasteiger partial charge in [-0.2, -0.15) is 8.78 Å². The second-order valence-corrected chi connectivity index (χ2v) is 7.09. The topological polar surface area (TPSA) is 21.3 Å². The van der Waals surface area contributed by atoms with Crippen molar-refractivity contribution in [3.05, 3.63) is 82.3 Å². The van der Waals surface area contributed by atoms with E-state index in [1.54, 1.807) is 6.07 Å². The van der Waals surface area contributed by atoms with Gasteiger partial charge in [0.05, 0.1) is 12.6 Å².